The normalized spacial score (nSPS) is 15.3. The first-order valence-corrected chi connectivity index (χ1v) is 8.63. The summed E-state index contributed by atoms with van der Waals surface area (Å²) in [5.74, 6) is -0.174. The van der Waals surface area contributed by atoms with Crippen LogP contribution in [-0.2, 0) is 4.79 Å². The van der Waals surface area contributed by atoms with Crippen LogP contribution in [0.3, 0.4) is 0 Å². The van der Waals surface area contributed by atoms with E-state index in [-0.39, 0.29) is 11.8 Å². The average molecular weight is 357 g/mol. The van der Waals surface area contributed by atoms with Crippen LogP contribution in [-0.4, -0.2) is 51.9 Å². The molecule has 0 atom stereocenters. The summed E-state index contributed by atoms with van der Waals surface area (Å²) in [6.45, 7) is 12.6. The lowest BCUT2D eigenvalue weighted by Crippen LogP contribution is -2.47. The van der Waals surface area contributed by atoms with Gasteiger partial charge in [0.1, 0.15) is 0 Å². The molecule has 0 radical (unpaired) electrons. The third kappa shape index (κ3) is 8.83. The van der Waals surface area contributed by atoms with Gasteiger partial charge in [-0.3, -0.25) is 4.79 Å². The lowest BCUT2D eigenvalue weighted by molar-refractivity contribution is -0.119. The van der Waals surface area contributed by atoms with Crippen molar-refractivity contribution in [3.05, 3.63) is 0 Å². The molecule has 0 unspecified atom stereocenters. The molecule has 0 saturated carbocycles. The number of nitrogens with zero attached hydrogens (tertiary/aromatic N) is 2. The summed E-state index contributed by atoms with van der Waals surface area (Å²) in [5, 5.41) is 31.0. The largest absolute Gasteiger partial charge is 0.411 e. The zero-order chi connectivity index (χ0) is 19.7. The molecule has 1 amide bonds. The molecule has 25 heavy (non-hydrogen) atoms. The van der Waals surface area contributed by atoms with Gasteiger partial charge in [-0.15, -0.1) is 0 Å². The van der Waals surface area contributed by atoms with Crippen LogP contribution < -0.4 is 16.4 Å². The van der Waals surface area contributed by atoms with E-state index in [1.54, 1.807) is 13.8 Å². The minimum atomic E-state index is -0.416. The molecule has 0 aromatic rings. The fourth-order valence-corrected chi connectivity index (χ4v) is 2.32. The SMILES string of the molecule is CC(=NO)C(C)(C)NCCC(CCNC(C)(C)C(C)=NO)CC(N)=O. The minimum absolute atomic E-state index is 0.141. The second-order valence-corrected chi connectivity index (χ2v) is 7.59. The monoisotopic (exact) mass is 357 g/mol. The zero-order valence-corrected chi connectivity index (χ0v) is 16.4. The summed E-state index contributed by atoms with van der Waals surface area (Å²) in [6, 6.07) is 0. The van der Waals surface area contributed by atoms with Crippen LogP contribution in [0.4, 0.5) is 0 Å². The summed E-state index contributed by atoms with van der Waals surface area (Å²) in [4.78, 5) is 11.3. The van der Waals surface area contributed by atoms with Crippen LogP contribution in [0.2, 0.25) is 0 Å². The molecule has 0 aliphatic carbocycles. The Hall–Kier alpha value is -1.67. The van der Waals surface area contributed by atoms with Gasteiger partial charge in [0.05, 0.1) is 22.5 Å². The number of amides is 1. The Balaban J connectivity index is 4.55. The van der Waals surface area contributed by atoms with E-state index in [1.807, 2.05) is 27.7 Å². The Labute approximate surface area is 150 Å². The summed E-state index contributed by atoms with van der Waals surface area (Å²) in [6.07, 6.45) is 1.88. The van der Waals surface area contributed by atoms with E-state index in [4.69, 9.17) is 16.1 Å². The lowest BCUT2D eigenvalue weighted by atomic mass is 9.93. The smallest absolute Gasteiger partial charge is 0.217 e. The lowest BCUT2D eigenvalue weighted by Gasteiger charge is -2.28. The summed E-state index contributed by atoms with van der Waals surface area (Å²) < 4.78 is 0. The first kappa shape index (κ1) is 23.3. The standard InChI is InChI=1S/C17H35N5O3/c1-12(21-24)16(3,4)19-9-7-14(11-15(18)23)8-10-20-17(5,6)13(2)22-25/h14,19-20,24-25H,7-11H2,1-6H3,(H2,18,23). The molecule has 0 spiro atoms. The Bertz CT molecular complexity index is 451. The molecule has 0 aliphatic heterocycles. The summed E-state index contributed by atoms with van der Waals surface area (Å²) in [7, 11) is 0. The Morgan fingerprint density at radius 3 is 1.60 bits per heavy atom. The molecule has 0 aliphatic rings. The number of primary amides is 1. The van der Waals surface area contributed by atoms with E-state index in [1.165, 1.54) is 0 Å². The van der Waals surface area contributed by atoms with Gasteiger partial charge >= 0.3 is 0 Å². The molecule has 8 nitrogen and oxygen atoms in total. The molecular formula is C17H35N5O3. The minimum Gasteiger partial charge on any atom is -0.411 e. The van der Waals surface area contributed by atoms with Crippen molar-refractivity contribution >= 4 is 17.3 Å². The number of carbonyl (C=O) groups is 1. The van der Waals surface area contributed by atoms with Crippen LogP contribution in [0.15, 0.2) is 10.3 Å². The molecule has 0 bridgehead atoms. The van der Waals surface area contributed by atoms with Gasteiger partial charge in [0, 0.05) is 6.42 Å². The van der Waals surface area contributed by atoms with Crippen molar-refractivity contribution in [2.45, 2.75) is 71.9 Å². The maximum atomic E-state index is 11.3. The van der Waals surface area contributed by atoms with E-state index in [0.29, 0.717) is 30.9 Å². The highest BCUT2D eigenvalue weighted by atomic mass is 16.4. The van der Waals surface area contributed by atoms with Crippen LogP contribution in [0.1, 0.15) is 60.8 Å². The maximum Gasteiger partial charge on any atom is 0.217 e. The molecule has 0 fully saturated rings. The van der Waals surface area contributed by atoms with Gasteiger partial charge in [0.2, 0.25) is 5.91 Å². The molecule has 8 heteroatoms. The quantitative estimate of drug-likeness (QED) is 0.206. The molecule has 0 saturated heterocycles. The average Bonchev–Trinajstić information content (AvgIpc) is 2.51. The van der Waals surface area contributed by atoms with E-state index in [2.05, 4.69) is 20.9 Å². The number of nitrogens with two attached hydrogens (primary N) is 1. The zero-order valence-electron chi connectivity index (χ0n) is 16.4. The summed E-state index contributed by atoms with van der Waals surface area (Å²) in [5.41, 5.74) is 5.73. The molecule has 6 N–H and O–H groups in total. The molecule has 0 heterocycles. The van der Waals surface area contributed by atoms with Gasteiger partial charge in [0.25, 0.3) is 0 Å². The Morgan fingerprint density at radius 1 is 0.960 bits per heavy atom. The Kier molecular flexibility index (Phi) is 9.66. The van der Waals surface area contributed by atoms with Crippen molar-refractivity contribution in [1.29, 1.82) is 0 Å². The number of rotatable bonds is 12. The number of nitrogens with one attached hydrogen (secondary N) is 2. The highest BCUT2D eigenvalue weighted by Crippen LogP contribution is 2.15. The van der Waals surface area contributed by atoms with Crippen molar-refractivity contribution in [2.75, 3.05) is 13.1 Å². The second kappa shape index (κ2) is 10.4. The third-order valence-corrected chi connectivity index (χ3v) is 4.84. The number of hydrogen-bond donors (Lipinski definition) is 5. The molecule has 146 valence electrons. The van der Waals surface area contributed by atoms with Crippen LogP contribution in [0.5, 0.6) is 0 Å². The van der Waals surface area contributed by atoms with E-state index >= 15 is 0 Å². The van der Waals surface area contributed by atoms with Crippen LogP contribution in [0, 0.1) is 5.92 Å². The number of oxime groups is 2. The van der Waals surface area contributed by atoms with Gasteiger partial charge in [0.15, 0.2) is 0 Å². The predicted molar refractivity (Wildman–Crippen MR) is 100 cm³/mol. The van der Waals surface area contributed by atoms with E-state index in [0.717, 1.165) is 12.8 Å². The molecule has 0 rings (SSSR count). The van der Waals surface area contributed by atoms with Gasteiger partial charge in [-0.2, -0.15) is 0 Å². The third-order valence-electron chi connectivity index (χ3n) is 4.84. The maximum absolute atomic E-state index is 11.3. The highest BCUT2D eigenvalue weighted by Gasteiger charge is 2.24. The van der Waals surface area contributed by atoms with Crippen molar-refractivity contribution in [3.8, 4) is 0 Å². The van der Waals surface area contributed by atoms with Gasteiger partial charge in [-0.1, -0.05) is 10.3 Å². The fourth-order valence-electron chi connectivity index (χ4n) is 2.32. The number of hydrogen-bond acceptors (Lipinski definition) is 7. The van der Waals surface area contributed by atoms with Crippen molar-refractivity contribution in [2.24, 2.45) is 22.0 Å². The van der Waals surface area contributed by atoms with Crippen LogP contribution >= 0.6 is 0 Å². The van der Waals surface area contributed by atoms with E-state index in [9.17, 15) is 4.79 Å². The molecule has 0 aromatic heterocycles. The second-order valence-electron chi connectivity index (χ2n) is 7.59. The molecule has 0 aromatic carbocycles. The van der Waals surface area contributed by atoms with Gasteiger partial charge in [-0.25, -0.2) is 0 Å². The topological polar surface area (TPSA) is 132 Å². The molecular weight excluding hydrogens is 322 g/mol. The Morgan fingerprint density at radius 2 is 1.32 bits per heavy atom. The van der Waals surface area contributed by atoms with Crippen molar-refractivity contribution in [3.63, 3.8) is 0 Å². The highest BCUT2D eigenvalue weighted by molar-refractivity contribution is 5.90. The first-order valence-electron chi connectivity index (χ1n) is 8.63. The van der Waals surface area contributed by atoms with Gasteiger partial charge < -0.3 is 26.8 Å². The van der Waals surface area contributed by atoms with Crippen LogP contribution in [0.25, 0.3) is 0 Å². The predicted octanol–water partition coefficient (Wildman–Crippen LogP) is 1.69. The van der Waals surface area contributed by atoms with Crippen molar-refractivity contribution in [1.82, 2.24) is 10.6 Å². The van der Waals surface area contributed by atoms with E-state index < -0.39 is 11.1 Å². The first-order chi connectivity index (χ1) is 11.5. The van der Waals surface area contributed by atoms with Gasteiger partial charge in [-0.05, 0) is 73.4 Å². The summed E-state index contributed by atoms with van der Waals surface area (Å²) >= 11 is 0. The number of carbonyl (C=O) groups excluding carboxylic acids is 1. The fraction of sp³-hybridized carbons (Fsp3) is 0.824. The van der Waals surface area contributed by atoms with Crippen molar-refractivity contribution < 1.29 is 15.2 Å².